The van der Waals surface area contributed by atoms with Crippen LogP contribution in [0.15, 0.2) is 77.5 Å². The number of hydrogen-bond acceptors (Lipinski definition) is 9. The van der Waals surface area contributed by atoms with Crippen molar-refractivity contribution in [3.05, 3.63) is 89.7 Å². The second kappa shape index (κ2) is 17.7. The average Bonchev–Trinajstić information content (AvgIpc) is 3.37. The summed E-state index contributed by atoms with van der Waals surface area (Å²) in [7, 11) is -0.355. The number of carbonyl (C=O) groups excluding carboxylic acids is 2. The summed E-state index contributed by atoms with van der Waals surface area (Å²) in [6.07, 6.45) is 0. The smallest absolute Gasteiger partial charge is 0.545 e. The number of nitrogens with zero attached hydrogens (tertiary/aromatic N) is 3. The molecule has 0 saturated heterocycles. The average molecular weight is 686 g/mol. The zero-order valence-electron chi connectivity index (χ0n) is 26.9. The van der Waals surface area contributed by atoms with E-state index in [2.05, 4.69) is 14.7 Å². The number of ether oxygens (including phenoxy) is 1. The number of nitrogens with one attached hydrogen (secondary N) is 1. The predicted octanol–water partition coefficient (Wildman–Crippen LogP) is -0.00540. The van der Waals surface area contributed by atoms with Crippen LogP contribution < -0.4 is 60.7 Å². The first-order valence-corrected chi connectivity index (χ1v) is 16.5. The number of nitrogen functional groups attached to an aromatic ring is 1. The molecule has 0 radical (unpaired) electrons. The van der Waals surface area contributed by atoms with Crippen LogP contribution in [0.3, 0.4) is 0 Å². The van der Waals surface area contributed by atoms with Crippen LogP contribution in [0.1, 0.15) is 62.2 Å². The maximum absolute atomic E-state index is 10.8. The minimum absolute atomic E-state index is 0. The number of pyridine rings is 1. The maximum atomic E-state index is 10.8. The molecule has 0 unspecified atom stereocenters. The van der Waals surface area contributed by atoms with Crippen molar-refractivity contribution in [2.24, 2.45) is 4.74 Å². The van der Waals surface area contributed by atoms with Gasteiger partial charge in [-0.15, -0.1) is 0 Å². The fourth-order valence-corrected chi connectivity index (χ4v) is 7.21. The summed E-state index contributed by atoms with van der Waals surface area (Å²) in [5, 5.41) is 34.8. The van der Waals surface area contributed by atoms with E-state index >= 15 is 0 Å². The zero-order chi connectivity index (χ0) is 32.9. The molecule has 4 N–H and O–H groups in total. The number of carboxylic acid groups (broad SMARTS) is 2. The van der Waals surface area contributed by atoms with Gasteiger partial charge in [-0.1, -0.05) is 75.5 Å². The second-order valence-corrected chi connectivity index (χ2v) is 14.5. The van der Waals surface area contributed by atoms with Crippen LogP contribution in [0.5, 0.6) is 0 Å². The topological polar surface area (TPSA) is 181 Å². The van der Waals surface area contributed by atoms with E-state index in [4.69, 9.17) is 10.5 Å². The van der Waals surface area contributed by atoms with Gasteiger partial charge in [0.25, 0.3) is 5.82 Å². The third-order valence-electron chi connectivity index (χ3n) is 7.36. The van der Waals surface area contributed by atoms with Crippen molar-refractivity contribution in [3.63, 3.8) is 0 Å². The normalized spacial score (nSPS) is 11.0. The van der Waals surface area contributed by atoms with E-state index in [1.165, 1.54) is 24.3 Å². The molecule has 252 valence electrons. The van der Waals surface area contributed by atoms with Gasteiger partial charge in [-0.2, -0.15) is 0 Å². The Balaban J connectivity index is 0.000000452. The van der Waals surface area contributed by atoms with Crippen LogP contribution in [0, 0.1) is 0 Å². The van der Waals surface area contributed by atoms with Crippen LogP contribution in [0.2, 0.25) is 0 Å². The van der Waals surface area contributed by atoms with Crippen LogP contribution in [-0.2, 0) is 17.9 Å². The van der Waals surface area contributed by atoms with Crippen LogP contribution in [-0.4, -0.2) is 52.9 Å². The minimum Gasteiger partial charge on any atom is -0.545 e. The summed E-state index contributed by atoms with van der Waals surface area (Å²) in [5.41, 5.74) is 8.06. The van der Waals surface area contributed by atoms with Gasteiger partial charge in [-0.05, 0) is 61.3 Å². The molecule has 2 aromatic heterocycles. The standard InChI is InChI=1S/C17H22N4O2.C16H16NO4P.2CH4.Na/c1-4-23-9-13-20-14-15(21(13)10-17(2,3)22)11-7-5-6-8-12(11)19-16(14)18;1-17-22(2,13-7-3-11(4-8-13)15(18)19)14-9-5-12(6-10-14)16(20)21;;;/h5-8,22H,4,9-10H2,1-3H3,(H2,18,19);3-10H,1-2H3,(H,18,19)(H,20,21);2*1H4;/q;;;;+1/p-1. The number of H-pyrrole nitrogens is 1. The Hall–Kier alpha value is -3.57. The van der Waals surface area contributed by atoms with E-state index in [0.717, 1.165) is 38.4 Å². The second-order valence-electron chi connectivity index (χ2n) is 11.2. The van der Waals surface area contributed by atoms with E-state index in [-0.39, 0.29) is 55.5 Å². The van der Waals surface area contributed by atoms with Gasteiger partial charge in [0.2, 0.25) is 5.52 Å². The summed E-state index contributed by atoms with van der Waals surface area (Å²) in [4.78, 5) is 29.4. The van der Waals surface area contributed by atoms with Crippen molar-refractivity contribution >= 4 is 57.4 Å². The van der Waals surface area contributed by atoms with Crippen molar-refractivity contribution in [1.82, 2.24) is 9.97 Å². The monoisotopic (exact) mass is 685 g/mol. The maximum Gasteiger partial charge on any atom is 1.00 e. The number of nitrogens with two attached hydrogens (primary N) is 1. The van der Waals surface area contributed by atoms with Gasteiger partial charge in [-0.25, -0.2) is 14.5 Å². The number of carbonyl (C=O) groups is 2. The Bertz CT molecular complexity index is 1840. The number of para-hydroxylation sites is 1. The molecule has 0 aliphatic heterocycles. The number of benzene rings is 3. The molecule has 5 rings (SSSR count). The summed E-state index contributed by atoms with van der Waals surface area (Å²) in [5.74, 6) is -1.13. The van der Waals surface area contributed by atoms with Gasteiger partial charge in [0.15, 0.2) is 11.3 Å². The molecule has 11 nitrogen and oxygen atoms in total. The third-order valence-corrected chi connectivity index (χ3v) is 10.8. The molecule has 0 saturated carbocycles. The quantitative estimate of drug-likeness (QED) is 0.110. The van der Waals surface area contributed by atoms with Crippen LogP contribution in [0.25, 0.3) is 21.9 Å². The first-order valence-electron chi connectivity index (χ1n) is 14.3. The number of fused-ring (bicyclic) bond motifs is 3. The Morgan fingerprint density at radius 1 is 0.979 bits per heavy atom. The third kappa shape index (κ3) is 9.53. The Morgan fingerprint density at radius 2 is 1.48 bits per heavy atom. The van der Waals surface area contributed by atoms with Crippen molar-refractivity contribution in [1.29, 1.82) is 0 Å². The van der Waals surface area contributed by atoms with Gasteiger partial charge in [0.1, 0.15) is 13.2 Å². The molecule has 5 aromatic rings. The fraction of sp³-hybridized carbons (Fsp3) is 0.314. The number of aromatic carboxylic acids is 2. The number of aromatic nitrogens is 3. The van der Waals surface area contributed by atoms with E-state index in [1.807, 2.05) is 42.4 Å². The summed E-state index contributed by atoms with van der Waals surface area (Å²) < 4.78 is 12.1. The Labute approximate surface area is 304 Å². The number of imidazole rings is 1. The number of aromatic amines is 1. The van der Waals surface area contributed by atoms with Crippen molar-refractivity contribution < 1.29 is 63.8 Å². The van der Waals surface area contributed by atoms with Crippen molar-refractivity contribution in [3.8, 4) is 0 Å². The first kappa shape index (κ1) is 42.5. The van der Waals surface area contributed by atoms with Crippen molar-refractivity contribution in [2.45, 2.75) is 54.4 Å². The molecular weight excluding hydrogens is 640 g/mol. The number of aliphatic hydroxyl groups is 1. The molecule has 3 aromatic carbocycles. The molecule has 0 aliphatic carbocycles. The SMILES string of the molecule is C.C.CCOCc1[nH]c2c(N)nc3ccccc3c2[n+]1CC(C)(C)O.CN=P(C)(c1ccc(C(=O)[O-])cc1)c1ccc(C(=O)[O-])cc1.[Na+]. The molecule has 0 fully saturated rings. The summed E-state index contributed by atoms with van der Waals surface area (Å²) in [6, 6.07) is 20.7. The number of rotatable bonds is 9. The molecule has 0 spiro atoms. The minimum atomic E-state index is -2.06. The first-order chi connectivity index (χ1) is 21.3. The van der Waals surface area contributed by atoms with Gasteiger partial charge in [0, 0.05) is 20.7 Å². The largest absolute Gasteiger partial charge is 1.00 e. The van der Waals surface area contributed by atoms with Crippen LogP contribution in [0.4, 0.5) is 5.82 Å². The van der Waals surface area contributed by atoms with E-state index < -0.39 is 24.6 Å². The molecular formula is C35H45N5NaO6P. The molecule has 0 amide bonds. The zero-order valence-corrected chi connectivity index (χ0v) is 29.8. The molecule has 2 heterocycles. The molecule has 13 heteroatoms. The Morgan fingerprint density at radius 3 is 1.92 bits per heavy atom. The van der Waals surface area contributed by atoms with Gasteiger partial charge in [-0.3, -0.25) is 4.74 Å². The number of anilines is 1. The number of hydrogen-bond donors (Lipinski definition) is 3. The van der Waals surface area contributed by atoms with Gasteiger partial charge in [0.05, 0.1) is 28.4 Å². The molecule has 0 aliphatic rings. The fourth-order valence-electron chi connectivity index (χ4n) is 4.99. The predicted molar refractivity (Wildman–Crippen MR) is 185 cm³/mol. The van der Waals surface area contributed by atoms with E-state index in [0.29, 0.717) is 25.6 Å². The van der Waals surface area contributed by atoms with Crippen molar-refractivity contribution in [2.75, 3.05) is 26.1 Å². The Kier molecular flexibility index (Phi) is 15.7. The van der Waals surface area contributed by atoms with Gasteiger partial charge < -0.3 is 35.4 Å². The molecule has 0 atom stereocenters. The van der Waals surface area contributed by atoms with Gasteiger partial charge >= 0.3 is 29.6 Å². The summed E-state index contributed by atoms with van der Waals surface area (Å²) in [6.45, 7) is 8.99. The van der Waals surface area contributed by atoms with Crippen LogP contribution >= 0.6 is 7.05 Å². The molecule has 0 bridgehead atoms. The van der Waals surface area contributed by atoms with E-state index in [1.54, 1.807) is 45.2 Å². The molecule has 48 heavy (non-hydrogen) atoms. The summed E-state index contributed by atoms with van der Waals surface area (Å²) >= 11 is 0. The number of carboxylic acids is 2. The van der Waals surface area contributed by atoms with E-state index in [9.17, 15) is 24.9 Å².